The van der Waals surface area contributed by atoms with Gasteiger partial charge in [0.2, 0.25) is 0 Å². The van der Waals surface area contributed by atoms with Crippen LogP contribution in [0.2, 0.25) is 0 Å². The van der Waals surface area contributed by atoms with Crippen molar-refractivity contribution < 1.29 is 38.0 Å². The van der Waals surface area contributed by atoms with Gasteiger partial charge in [0.1, 0.15) is 23.7 Å². The minimum Gasteiger partial charge on any atom is -0.394 e. The SMILES string of the molecule is CCS[C@H]1O[C@@H]([C@H](O)CO)[C@@H](O)[C@@H]1NC(=O)C(F)(F)F. The number of thioether (sulfide) groups is 1. The van der Waals surface area contributed by atoms with Crippen LogP contribution < -0.4 is 5.32 Å². The highest BCUT2D eigenvalue weighted by molar-refractivity contribution is 7.99. The highest BCUT2D eigenvalue weighted by atomic mass is 32.2. The molecule has 0 bridgehead atoms. The Morgan fingerprint density at radius 3 is 2.55 bits per heavy atom. The van der Waals surface area contributed by atoms with E-state index in [1.165, 1.54) is 0 Å². The normalized spacial score (nSPS) is 32.1. The molecule has 1 amide bonds. The van der Waals surface area contributed by atoms with E-state index in [0.29, 0.717) is 5.75 Å². The van der Waals surface area contributed by atoms with Gasteiger partial charge in [-0.3, -0.25) is 4.79 Å². The van der Waals surface area contributed by atoms with Gasteiger partial charge in [-0.1, -0.05) is 6.92 Å². The predicted octanol–water partition coefficient (Wildman–Crippen LogP) is -0.774. The van der Waals surface area contributed by atoms with Crippen LogP contribution in [0.3, 0.4) is 0 Å². The first-order valence-corrected chi connectivity index (χ1v) is 6.89. The summed E-state index contributed by atoms with van der Waals surface area (Å²) in [5.74, 6) is -1.72. The van der Waals surface area contributed by atoms with Gasteiger partial charge in [-0.25, -0.2) is 0 Å². The predicted molar refractivity (Wildman–Crippen MR) is 63.9 cm³/mol. The molecule has 1 heterocycles. The molecular formula is C10H16F3NO5S. The van der Waals surface area contributed by atoms with Crippen molar-refractivity contribution in [2.75, 3.05) is 12.4 Å². The van der Waals surface area contributed by atoms with E-state index in [4.69, 9.17) is 9.84 Å². The number of carbonyl (C=O) groups is 1. The number of alkyl halides is 3. The van der Waals surface area contributed by atoms with Crippen LogP contribution in [0.25, 0.3) is 0 Å². The number of rotatable bonds is 5. The van der Waals surface area contributed by atoms with E-state index in [9.17, 15) is 28.2 Å². The summed E-state index contributed by atoms with van der Waals surface area (Å²) in [7, 11) is 0. The quantitative estimate of drug-likeness (QED) is 0.531. The van der Waals surface area contributed by atoms with E-state index in [1.54, 1.807) is 12.2 Å². The lowest BCUT2D eigenvalue weighted by Crippen LogP contribution is -2.52. The standard InChI is InChI=1S/C10H16F3NO5S/c1-2-20-8-5(14-9(18)10(11,12)13)6(17)7(19-8)4(16)3-15/h4-8,15-17H,2-3H2,1H3,(H,14,18)/t4-,5+,6+,7+,8-/m1/s1. The van der Waals surface area contributed by atoms with Crippen LogP contribution in [-0.2, 0) is 9.53 Å². The number of hydrogen-bond acceptors (Lipinski definition) is 6. The zero-order valence-corrected chi connectivity index (χ0v) is 11.3. The summed E-state index contributed by atoms with van der Waals surface area (Å²) in [6.07, 6.45) is -9.33. The van der Waals surface area contributed by atoms with Crippen molar-refractivity contribution in [2.45, 2.75) is 42.9 Å². The molecule has 20 heavy (non-hydrogen) atoms. The highest BCUT2D eigenvalue weighted by Crippen LogP contribution is 2.31. The first-order chi connectivity index (χ1) is 9.22. The van der Waals surface area contributed by atoms with Gasteiger partial charge in [0.15, 0.2) is 0 Å². The summed E-state index contributed by atoms with van der Waals surface area (Å²) in [5.41, 5.74) is -0.938. The zero-order valence-electron chi connectivity index (χ0n) is 10.5. The molecule has 0 aromatic heterocycles. The van der Waals surface area contributed by atoms with Crippen LogP contribution in [0, 0.1) is 0 Å². The van der Waals surface area contributed by atoms with Crippen molar-refractivity contribution in [1.29, 1.82) is 0 Å². The van der Waals surface area contributed by atoms with Gasteiger partial charge in [-0.05, 0) is 5.75 Å². The number of halogens is 3. The summed E-state index contributed by atoms with van der Waals surface area (Å²) in [6, 6.07) is -1.32. The third-order valence-electron chi connectivity index (χ3n) is 2.74. The zero-order chi connectivity index (χ0) is 15.5. The van der Waals surface area contributed by atoms with Crippen LogP contribution in [0.15, 0.2) is 0 Å². The molecular weight excluding hydrogens is 303 g/mol. The van der Waals surface area contributed by atoms with Crippen LogP contribution in [0.1, 0.15) is 6.92 Å². The van der Waals surface area contributed by atoms with Gasteiger partial charge >= 0.3 is 12.1 Å². The fourth-order valence-corrected chi connectivity index (χ4v) is 2.77. The molecule has 0 saturated carbocycles. The third-order valence-corrected chi connectivity index (χ3v) is 3.81. The minimum absolute atomic E-state index is 0.470. The maximum absolute atomic E-state index is 12.2. The number of ether oxygens (including phenoxy) is 1. The van der Waals surface area contributed by atoms with Crippen molar-refractivity contribution in [3.63, 3.8) is 0 Å². The second-order valence-electron chi connectivity index (χ2n) is 4.16. The average molecular weight is 319 g/mol. The Morgan fingerprint density at radius 1 is 1.50 bits per heavy atom. The van der Waals surface area contributed by atoms with Crippen LogP contribution in [0.5, 0.6) is 0 Å². The largest absolute Gasteiger partial charge is 0.471 e. The molecule has 118 valence electrons. The molecule has 1 saturated heterocycles. The molecule has 1 aliphatic heterocycles. The Kier molecular flexibility index (Phi) is 6.07. The molecule has 0 aliphatic carbocycles. The molecule has 0 aromatic rings. The Hall–Kier alpha value is -0.550. The highest BCUT2D eigenvalue weighted by Gasteiger charge is 2.50. The maximum atomic E-state index is 12.2. The van der Waals surface area contributed by atoms with Crippen LogP contribution in [-0.4, -0.2) is 69.6 Å². The fraction of sp³-hybridized carbons (Fsp3) is 0.900. The van der Waals surface area contributed by atoms with E-state index < -0.39 is 48.5 Å². The van der Waals surface area contributed by atoms with E-state index in [0.717, 1.165) is 11.8 Å². The average Bonchev–Trinajstić information content (AvgIpc) is 2.66. The van der Waals surface area contributed by atoms with E-state index in [1.807, 2.05) is 0 Å². The van der Waals surface area contributed by atoms with E-state index in [-0.39, 0.29) is 0 Å². The van der Waals surface area contributed by atoms with Crippen molar-refractivity contribution in [3.8, 4) is 0 Å². The molecule has 5 atom stereocenters. The van der Waals surface area contributed by atoms with Crippen LogP contribution in [0.4, 0.5) is 13.2 Å². The van der Waals surface area contributed by atoms with Gasteiger partial charge in [0, 0.05) is 0 Å². The van der Waals surface area contributed by atoms with Gasteiger partial charge in [-0.2, -0.15) is 13.2 Å². The number of aliphatic hydroxyl groups excluding tert-OH is 3. The minimum atomic E-state index is -5.07. The Morgan fingerprint density at radius 2 is 2.10 bits per heavy atom. The Labute approximate surface area is 117 Å². The van der Waals surface area contributed by atoms with Crippen molar-refractivity contribution in [2.24, 2.45) is 0 Å². The van der Waals surface area contributed by atoms with Gasteiger partial charge in [-0.15, -0.1) is 11.8 Å². The smallest absolute Gasteiger partial charge is 0.394 e. The lowest BCUT2D eigenvalue weighted by atomic mass is 10.0. The first kappa shape index (κ1) is 17.5. The van der Waals surface area contributed by atoms with Crippen molar-refractivity contribution in [3.05, 3.63) is 0 Å². The molecule has 1 fully saturated rings. The Balaban J connectivity index is 2.82. The van der Waals surface area contributed by atoms with Crippen LogP contribution >= 0.6 is 11.8 Å². The van der Waals surface area contributed by atoms with Gasteiger partial charge in [0.05, 0.1) is 12.6 Å². The summed E-state index contributed by atoms with van der Waals surface area (Å²) >= 11 is 1.08. The number of hydrogen-bond donors (Lipinski definition) is 4. The number of carbonyl (C=O) groups excluding carboxylic acids is 1. The second-order valence-corrected chi connectivity index (χ2v) is 5.54. The Bertz CT molecular complexity index is 341. The third kappa shape index (κ3) is 3.98. The molecule has 0 radical (unpaired) electrons. The van der Waals surface area contributed by atoms with Crippen molar-refractivity contribution in [1.82, 2.24) is 5.32 Å². The number of aliphatic hydroxyl groups is 3. The molecule has 0 unspecified atom stereocenters. The van der Waals surface area contributed by atoms with Gasteiger partial charge < -0.3 is 25.4 Å². The maximum Gasteiger partial charge on any atom is 0.471 e. The van der Waals surface area contributed by atoms with E-state index in [2.05, 4.69) is 0 Å². The molecule has 10 heteroatoms. The summed E-state index contributed by atoms with van der Waals surface area (Å²) < 4.78 is 41.9. The topological polar surface area (TPSA) is 99.0 Å². The summed E-state index contributed by atoms with van der Waals surface area (Å²) in [6.45, 7) is 1.00. The van der Waals surface area contributed by atoms with E-state index >= 15 is 0 Å². The first-order valence-electron chi connectivity index (χ1n) is 5.84. The van der Waals surface area contributed by atoms with Crippen molar-refractivity contribution >= 4 is 17.7 Å². The fourth-order valence-electron chi connectivity index (χ4n) is 1.80. The lowest BCUT2D eigenvalue weighted by molar-refractivity contribution is -0.175. The molecule has 1 rings (SSSR count). The molecule has 0 spiro atoms. The lowest BCUT2D eigenvalue weighted by Gasteiger charge is -2.22. The molecule has 1 aliphatic rings. The summed E-state index contributed by atoms with van der Waals surface area (Å²) in [4.78, 5) is 10.9. The summed E-state index contributed by atoms with van der Waals surface area (Å²) in [5, 5.41) is 29.8. The second kappa shape index (κ2) is 6.94. The molecule has 4 N–H and O–H groups in total. The van der Waals surface area contributed by atoms with Gasteiger partial charge in [0.25, 0.3) is 0 Å². The number of nitrogens with one attached hydrogen (secondary N) is 1. The number of amides is 1. The monoisotopic (exact) mass is 319 g/mol. The molecule has 6 nitrogen and oxygen atoms in total. The molecule has 0 aromatic carbocycles.